The Morgan fingerprint density at radius 3 is 2.24 bits per heavy atom. The van der Waals surface area contributed by atoms with Crippen LogP contribution in [-0.2, 0) is 7.05 Å². The molecular weight excluding hydrogens is 521 g/mol. The number of anilines is 1. The Morgan fingerprint density at radius 1 is 1.06 bits per heavy atom. The molecule has 3 N–H and O–H groups in total. The van der Waals surface area contributed by atoms with Crippen molar-refractivity contribution in [3.05, 3.63) is 76.2 Å². The highest BCUT2D eigenvalue weighted by molar-refractivity contribution is 7.80. The lowest BCUT2D eigenvalue weighted by Gasteiger charge is -2.27. The van der Waals surface area contributed by atoms with E-state index in [1.165, 1.54) is 11.8 Å². The monoisotopic (exact) mass is 541 g/mol. The average molecular weight is 543 g/mol. The first-order chi connectivity index (χ1) is 16.0. The quantitative estimate of drug-likeness (QED) is 0.249. The summed E-state index contributed by atoms with van der Waals surface area (Å²) < 4.78 is 6.33. The molecule has 0 aliphatic heterocycles. The summed E-state index contributed by atoms with van der Waals surface area (Å²) in [6.45, 7) is 1.77. The van der Waals surface area contributed by atoms with Crippen LogP contribution in [0.2, 0.25) is 0 Å². The summed E-state index contributed by atoms with van der Waals surface area (Å²) in [6, 6.07) is 15.6. The van der Waals surface area contributed by atoms with Crippen molar-refractivity contribution in [1.82, 2.24) is 20.0 Å². The number of rotatable bonds is 6. The van der Waals surface area contributed by atoms with Crippen molar-refractivity contribution in [2.75, 3.05) is 12.4 Å². The van der Waals surface area contributed by atoms with Gasteiger partial charge >= 0.3 is 0 Å². The SMILES string of the molecule is COc1ccc(C(=O)N[C@@H](NC(=S)Nc2c(C)n(C)n(-c3ccccc3)c2=O)C(Cl)(Cl)Cl)cc1. The topological polar surface area (TPSA) is 89.3 Å². The number of nitrogens with one attached hydrogen (secondary N) is 3. The number of alkyl halides is 3. The van der Waals surface area contributed by atoms with Crippen molar-refractivity contribution in [2.45, 2.75) is 16.9 Å². The van der Waals surface area contributed by atoms with E-state index in [1.54, 1.807) is 42.9 Å². The number of carbonyl (C=O) groups is 1. The van der Waals surface area contributed by atoms with Gasteiger partial charge in [0.1, 0.15) is 17.6 Å². The minimum absolute atomic E-state index is 0.0163. The van der Waals surface area contributed by atoms with Crippen LogP contribution in [0.1, 0.15) is 16.1 Å². The smallest absolute Gasteiger partial charge is 0.295 e. The van der Waals surface area contributed by atoms with Crippen LogP contribution in [0.3, 0.4) is 0 Å². The van der Waals surface area contributed by atoms with Gasteiger partial charge in [-0.3, -0.25) is 14.3 Å². The Balaban J connectivity index is 1.78. The number of thiocarbonyl (C=S) groups is 1. The molecule has 8 nitrogen and oxygen atoms in total. The molecule has 3 aromatic rings. The zero-order valence-electron chi connectivity index (χ0n) is 18.4. The molecule has 1 heterocycles. The van der Waals surface area contributed by atoms with Crippen molar-refractivity contribution in [3.63, 3.8) is 0 Å². The van der Waals surface area contributed by atoms with Gasteiger partial charge in [-0.05, 0) is 55.5 Å². The number of halogens is 3. The summed E-state index contributed by atoms with van der Waals surface area (Å²) >= 11 is 23.6. The van der Waals surface area contributed by atoms with Crippen LogP contribution in [0, 0.1) is 6.92 Å². The molecule has 1 amide bonds. The third-order valence-corrected chi connectivity index (χ3v) is 5.90. The lowest BCUT2D eigenvalue weighted by Crippen LogP contribution is -2.56. The molecule has 3 rings (SSSR count). The molecule has 0 saturated carbocycles. The Kier molecular flexibility index (Phi) is 8.14. The van der Waals surface area contributed by atoms with Crippen molar-refractivity contribution in [3.8, 4) is 11.4 Å². The first-order valence-electron chi connectivity index (χ1n) is 9.96. The van der Waals surface area contributed by atoms with Gasteiger partial charge in [-0.25, -0.2) is 4.68 Å². The highest BCUT2D eigenvalue weighted by Crippen LogP contribution is 2.29. The third kappa shape index (κ3) is 5.85. The second kappa shape index (κ2) is 10.7. The van der Waals surface area contributed by atoms with E-state index in [4.69, 9.17) is 51.8 Å². The number of nitrogens with zero attached hydrogens (tertiary/aromatic N) is 2. The van der Waals surface area contributed by atoms with Crippen LogP contribution in [0.5, 0.6) is 5.75 Å². The van der Waals surface area contributed by atoms with Crippen LogP contribution in [0.4, 0.5) is 5.69 Å². The first-order valence-corrected chi connectivity index (χ1v) is 11.5. The zero-order chi connectivity index (χ0) is 25.0. The normalized spacial score (nSPS) is 12.1. The van der Waals surface area contributed by atoms with E-state index < -0.39 is 15.9 Å². The molecule has 0 bridgehead atoms. The van der Waals surface area contributed by atoms with Crippen molar-refractivity contribution < 1.29 is 9.53 Å². The Labute approximate surface area is 216 Å². The van der Waals surface area contributed by atoms with E-state index in [-0.39, 0.29) is 16.4 Å². The molecule has 0 radical (unpaired) electrons. The molecule has 0 spiro atoms. The molecule has 0 aliphatic rings. The number of ether oxygens (including phenoxy) is 1. The molecule has 180 valence electrons. The minimum Gasteiger partial charge on any atom is -0.497 e. The van der Waals surface area contributed by atoms with E-state index in [0.717, 1.165) is 0 Å². The summed E-state index contributed by atoms with van der Waals surface area (Å²) in [4.78, 5) is 25.7. The number of hydrogen-bond acceptors (Lipinski definition) is 4. The van der Waals surface area contributed by atoms with Gasteiger partial charge in [0.25, 0.3) is 11.5 Å². The number of amides is 1. The van der Waals surface area contributed by atoms with Crippen LogP contribution in [0.15, 0.2) is 59.4 Å². The fourth-order valence-corrected chi connectivity index (χ4v) is 3.70. The Morgan fingerprint density at radius 2 is 1.68 bits per heavy atom. The molecular formula is C22H22Cl3N5O3S. The first kappa shape index (κ1) is 25.9. The van der Waals surface area contributed by atoms with E-state index in [0.29, 0.717) is 22.7 Å². The molecule has 0 unspecified atom stereocenters. The molecule has 1 atom stereocenters. The highest BCUT2D eigenvalue weighted by atomic mass is 35.6. The Hall–Kier alpha value is -2.72. The Bertz CT molecular complexity index is 1240. The number of carbonyl (C=O) groups excluding carboxylic acids is 1. The second-order valence-electron chi connectivity index (χ2n) is 7.21. The number of para-hydroxylation sites is 1. The van der Waals surface area contributed by atoms with E-state index in [2.05, 4.69) is 16.0 Å². The van der Waals surface area contributed by atoms with E-state index >= 15 is 0 Å². The molecule has 2 aromatic carbocycles. The maximum Gasteiger partial charge on any atom is 0.295 e. The van der Waals surface area contributed by atoms with Gasteiger partial charge < -0.3 is 20.7 Å². The zero-order valence-corrected chi connectivity index (χ0v) is 21.5. The summed E-state index contributed by atoms with van der Waals surface area (Å²) in [7, 11) is 3.28. The minimum atomic E-state index is -1.95. The standard InChI is InChI=1S/C22H22Cl3N5O3S/c1-13-17(19(32)30(29(13)2)15-7-5-4-6-8-15)26-21(34)28-20(22(23,24)25)27-18(31)14-9-11-16(33-3)12-10-14/h4-12,20H,1-3H3,(H,27,31)(H2,26,28,34)/t20-/m0/s1. The third-order valence-electron chi connectivity index (χ3n) is 5.02. The molecule has 1 aromatic heterocycles. The second-order valence-corrected chi connectivity index (χ2v) is 9.99. The lowest BCUT2D eigenvalue weighted by molar-refractivity contribution is 0.0934. The summed E-state index contributed by atoms with van der Waals surface area (Å²) in [5, 5.41) is 8.20. The molecule has 12 heteroatoms. The predicted molar refractivity (Wildman–Crippen MR) is 140 cm³/mol. The van der Waals surface area contributed by atoms with Gasteiger partial charge in [0.15, 0.2) is 5.11 Å². The maximum atomic E-state index is 13.1. The van der Waals surface area contributed by atoms with Crippen LogP contribution in [0.25, 0.3) is 5.69 Å². The average Bonchev–Trinajstić information content (AvgIpc) is 3.01. The summed E-state index contributed by atoms with van der Waals surface area (Å²) in [5.74, 6) is 0.0916. The molecule has 34 heavy (non-hydrogen) atoms. The van der Waals surface area contributed by atoms with Gasteiger partial charge in [-0.2, -0.15) is 0 Å². The van der Waals surface area contributed by atoms with Crippen LogP contribution in [-0.4, -0.2) is 37.5 Å². The number of aromatic nitrogens is 2. The van der Waals surface area contributed by atoms with Gasteiger partial charge in [0.2, 0.25) is 3.79 Å². The van der Waals surface area contributed by atoms with Gasteiger partial charge in [0, 0.05) is 12.6 Å². The maximum absolute atomic E-state index is 13.1. The summed E-state index contributed by atoms with van der Waals surface area (Å²) in [6.07, 6.45) is -1.20. The number of methoxy groups -OCH3 is 1. The molecule has 0 fully saturated rings. The summed E-state index contributed by atoms with van der Waals surface area (Å²) in [5.41, 5.74) is 1.57. The predicted octanol–water partition coefficient (Wildman–Crippen LogP) is 3.91. The lowest BCUT2D eigenvalue weighted by atomic mass is 10.2. The van der Waals surface area contributed by atoms with Crippen LogP contribution < -0.4 is 26.2 Å². The van der Waals surface area contributed by atoms with Gasteiger partial charge in [-0.1, -0.05) is 53.0 Å². The van der Waals surface area contributed by atoms with Crippen molar-refractivity contribution >= 4 is 63.7 Å². The highest BCUT2D eigenvalue weighted by Gasteiger charge is 2.35. The fraction of sp³-hybridized carbons (Fsp3) is 0.227. The number of benzene rings is 2. The molecule has 0 aliphatic carbocycles. The van der Waals surface area contributed by atoms with Gasteiger partial charge in [0.05, 0.1) is 18.5 Å². The van der Waals surface area contributed by atoms with E-state index in [9.17, 15) is 9.59 Å². The van der Waals surface area contributed by atoms with Crippen molar-refractivity contribution in [1.29, 1.82) is 0 Å². The fourth-order valence-electron chi connectivity index (χ4n) is 3.15. The van der Waals surface area contributed by atoms with Crippen molar-refractivity contribution in [2.24, 2.45) is 7.05 Å². The van der Waals surface area contributed by atoms with Crippen LogP contribution >= 0.6 is 47.0 Å². The largest absolute Gasteiger partial charge is 0.497 e. The van der Waals surface area contributed by atoms with E-state index in [1.807, 2.05) is 30.3 Å². The number of hydrogen-bond donors (Lipinski definition) is 3. The molecule has 0 saturated heterocycles. The van der Waals surface area contributed by atoms with Gasteiger partial charge in [-0.15, -0.1) is 0 Å².